The largest absolute Gasteiger partial charge is 0.618 e. The van der Waals surface area contributed by atoms with Gasteiger partial charge in [0.15, 0.2) is 11.9 Å². The van der Waals surface area contributed by atoms with E-state index in [0.717, 1.165) is 35.1 Å². The van der Waals surface area contributed by atoms with Crippen molar-refractivity contribution in [2.45, 2.75) is 6.18 Å². The molecule has 0 aliphatic carbocycles. The van der Waals surface area contributed by atoms with E-state index in [9.17, 15) is 38.7 Å². The Kier molecular flexibility index (Phi) is 4.10. The van der Waals surface area contributed by atoms with Gasteiger partial charge in [-0.3, -0.25) is 10.1 Å². The van der Waals surface area contributed by atoms with Crippen LogP contribution in [0.1, 0.15) is 5.69 Å². The van der Waals surface area contributed by atoms with Crippen molar-refractivity contribution >= 4 is 5.69 Å². The van der Waals surface area contributed by atoms with Crippen LogP contribution in [-0.4, -0.2) is 24.9 Å². The number of pyridine rings is 1. The predicted octanol–water partition coefficient (Wildman–Crippen LogP) is 2.51. The van der Waals surface area contributed by atoms with Crippen molar-refractivity contribution in [3.8, 4) is 28.4 Å². The van der Waals surface area contributed by atoms with E-state index in [1.807, 2.05) is 0 Å². The highest BCUT2D eigenvalue weighted by atomic mass is 19.4. The minimum atomic E-state index is -5.00. The highest BCUT2D eigenvalue weighted by Gasteiger charge is 2.44. The number of aromatic hydroxyl groups is 2. The molecule has 12 heteroatoms. The van der Waals surface area contributed by atoms with Gasteiger partial charge in [-0.05, 0) is 18.2 Å². The lowest BCUT2D eigenvalue weighted by atomic mass is 10.1. The second kappa shape index (κ2) is 6.16. The van der Waals surface area contributed by atoms with Crippen molar-refractivity contribution in [3.63, 3.8) is 0 Å². The quantitative estimate of drug-likeness (QED) is 0.235. The summed E-state index contributed by atoms with van der Waals surface area (Å²) in [5, 5.41) is 45.7. The number of nitrogens with zero attached hydrogens (tertiary/aromatic N) is 4. The Hall–Kier alpha value is -3.83. The molecule has 0 spiro atoms. The van der Waals surface area contributed by atoms with E-state index in [1.165, 1.54) is 6.07 Å². The lowest BCUT2D eigenvalue weighted by Crippen LogP contribution is -2.38. The van der Waals surface area contributed by atoms with Gasteiger partial charge in [0, 0.05) is 17.7 Å². The Morgan fingerprint density at radius 1 is 1.22 bits per heavy atom. The zero-order chi connectivity index (χ0) is 19.9. The molecule has 0 radical (unpaired) electrons. The summed E-state index contributed by atoms with van der Waals surface area (Å²) in [6.07, 6.45) is -3.20. The zero-order valence-electron chi connectivity index (χ0n) is 13.1. The molecule has 0 aliphatic heterocycles. The summed E-state index contributed by atoms with van der Waals surface area (Å²) in [5.74, 6) is -1.82. The normalized spacial score (nSPS) is 11.5. The smallest absolute Gasteiger partial charge is 0.481 e. The maximum atomic E-state index is 13.3. The lowest BCUT2D eigenvalue weighted by molar-refractivity contribution is -0.628. The van der Waals surface area contributed by atoms with Crippen molar-refractivity contribution < 1.29 is 33.0 Å². The maximum absolute atomic E-state index is 13.3. The van der Waals surface area contributed by atoms with E-state index in [-0.39, 0.29) is 16.0 Å². The second-order valence-corrected chi connectivity index (χ2v) is 5.31. The number of rotatable bonds is 3. The number of alkyl halides is 3. The molecule has 3 aromatic rings. The van der Waals surface area contributed by atoms with Gasteiger partial charge in [-0.2, -0.15) is 23.0 Å². The Labute approximate surface area is 147 Å². The maximum Gasteiger partial charge on any atom is 0.481 e. The van der Waals surface area contributed by atoms with E-state index in [2.05, 4.69) is 5.10 Å². The Bertz CT molecular complexity index is 1050. The minimum Gasteiger partial charge on any atom is -0.618 e. The van der Waals surface area contributed by atoms with Crippen molar-refractivity contribution in [3.05, 3.63) is 63.7 Å². The molecule has 2 heterocycles. The molecule has 0 atom stereocenters. The van der Waals surface area contributed by atoms with E-state index < -0.39 is 39.7 Å². The average Bonchev–Trinajstić information content (AvgIpc) is 3.05. The number of phenols is 2. The third-order valence-electron chi connectivity index (χ3n) is 3.64. The fourth-order valence-electron chi connectivity index (χ4n) is 2.52. The summed E-state index contributed by atoms with van der Waals surface area (Å²) in [7, 11) is 0. The summed E-state index contributed by atoms with van der Waals surface area (Å²) in [5.41, 5.74) is -3.17. The van der Waals surface area contributed by atoms with E-state index in [4.69, 9.17) is 0 Å². The molecule has 0 amide bonds. The van der Waals surface area contributed by atoms with Gasteiger partial charge in [0.1, 0.15) is 5.69 Å². The van der Waals surface area contributed by atoms with Crippen molar-refractivity contribution in [2.75, 3.05) is 0 Å². The predicted molar refractivity (Wildman–Crippen MR) is 82.9 cm³/mol. The van der Waals surface area contributed by atoms with Crippen LogP contribution in [0.3, 0.4) is 0 Å². The zero-order valence-corrected chi connectivity index (χ0v) is 13.1. The van der Waals surface area contributed by atoms with Crippen LogP contribution in [0.5, 0.6) is 11.5 Å². The first-order valence-electron chi connectivity index (χ1n) is 7.15. The molecule has 1 aromatic carbocycles. The number of aromatic nitrogens is 3. The fourth-order valence-corrected chi connectivity index (χ4v) is 2.52. The Morgan fingerprint density at radius 2 is 1.93 bits per heavy atom. The summed E-state index contributed by atoms with van der Waals surface area (Å²) in [6, 6.07) is 5.11. The first-order valence-corrected chi connectivity index (χ1v) is 7.15. The van der Waals surface area contributed by atoms with E-state index in [1.54, 1.807) is 0 Å². The van der Waals surface area contributed by atoms with Gasteiger partial charge in [-0.15, -0.1) is 0 Å². The van der Waals surface area contributed by atoms with Crippen LogP contribution in [0, 0.1) is 15.3 Å². The Morgan fingerprint density at radius 3 is 2.56 bits per heavy atom. The molecular formula is C15H9F3N4O5. The molecule has 3 rings (SSSR count). The molecule has 0 saturated carbocycles. The summed E-state index contributed by atoms with van der Waals surface area (Å²) in [6.45, 7) is 0. The summed E-state index contributed by atoms with van der Waals surface area (Å²) < 4.78 is 40.3. The number of hydrogen-bond donors (Lipinski definition) is 2. The number of phenolic OH excluding ortho intramolecular Hbond substituents is 2. The van der Waals surface area contributed by atoms with Crippen LogP contribution in [0.4, 0.5) is 18.9 Å². The van der Waals surface area contributed by atoms with Crippen LogP contribution >= 0.6 is 0 Å². The highest BCUT2D eigenvalue weighted by Crippen LogP contribution is 2.40. The fraction of sp³-hybridized carbons (Fsp3) is 0.0667. The van der Waals surface area contributed by atoms with Crippen LogP contribution in [0.15, 0.2) is 42.7 Å². The number of hydrogen-bond acceptors (Lipinski definition) is 6. The average molecular weight is 382 g/mol. The topological polar surface area (TPSA) is 128 Å². The lowest BCUT2D eigenvalue weighted by Gasteiger charge is -2.14. The van der Waals surface area contributed by atoms with Gasteiger partial charge in [0.05, 0.1) is 16.8 Å². The molecule has 27 heavy (non-hydrogen) atoms. The molecule has 0 unspecified atom stereocenters. The van der Waals surface area contributed by atoms with Crippen LogP contribution in [0.2, 0.25) is 0 Å². The third-order valence-corrected chi connectivity index (χ3v) is 3.64. The second-order valence-electron chi connectivity index (χ2n) is 5.31. The van der Waals surface area contributed by atoms with Gasteiger partial charge in [0.2, 0.25) is 5.75 Å². The van der Waals surface area contributed by atoms with Gasteiger partial charge < -0.3 is 15.4 Å². The van der Waals surface area contributed by atoms with Gasteiger partial charge in [0.25, 0.3) is 0 Å². The third kappa shape index (κ3) is 3.07. The number of benzene rings is 1. The molecule has 2 N–H and O–H groups in total. The number of nitro groups is 1. The van der Waals surface area contributed by atoms with Gasteiger partial charge >= 0.3 is 17.6 Å². The number of halogens is 3. The van der Waals surface area contributed by atoms with E-state index >= 15 is 0 Å². The van der Waals surface area contributed by atoms with Crippen LogP contribution < -0.4 is 4.73 Å². The van der Waals surface area contributed by atoms with Crippen LogP contribution in [-0.2, 0) is 6.18 Å². The molecule has 0 saturated heterocycles. The Balaban J connectivity index is 2.26. The summed E-state index contributed by atoms with van der Waals surface area (Å²) in [4.78, 5) is 10.0. The monoisotopic (exact) mass is 382 g/mol. The molecule has 2 aromatic heterocycles. The van der Waals surface area contributed by atoms with Crippen molar-refractivity contribution in [1.82, 2.24) is 9.78 Å². The molecular weight excluding hydrogens is 373 g/mol. The van der Waals surface area contributed by atoms with Crippen molar-refractivity contribution in [1.29, 1.82) is 0 Å². The molecule has 9 nitrogen and oxygen atoms in total. The summed E-state index contributed by atoms with van der Waals surface area (Å²) >= 11 is 0. The molecule has 140 valence electrons. The molecule has 0 fully saturated rings. The van der Waals surface area contributed by atoms with Gasteiger partial charge in [-0.1, -0.05) is 0 Å². The number of nitro benzene ring substituents is 1. The SMILES string of the molecule is O=[N+]([O-])c1cc(-c2ccnn2-c2ccc[n+]([O-])c2C(F)(F)F)cc(O)c1O. The first kappa shape index (κ1) is 18.0. The standard InChI is InChI=1S/C15H9F3N4O5/c16-15(17,18)14-10(2-1-5-20(14)25)21-9(3-4-19-21)8-6-11(22(26)27)13(24)12(23)7-8/h1-7,23-24H. The molecule has 0 bridgehead atoms. The van der Waals surface area contributed by atoms with Crippen LogP contribution in [0.25, 0.3) is 16.9 Å². The minimum absolute atomic E-state index is 0.0786. The van der Waals surface area contributed by atoms with Gasteiger partial charge in [-0.25, -0.2) is 4.68 Å². The molecule has 0 aliphatic rings. The van der Waals surface area contributed by atoms with Crippen molar-refractivity contribution in [2.24, 2.45) is 0 Å². The highest BCUT2D eigenvalue weighted by molar-refractivity contribution is 5.71. The first-order chi connectivity index (χ1) is 12.6. The van der Waals surface area contributed by atoms with E-state index in [0.29, 0.717) is 6.20 Å².